The largest absolute Gasteiger partial charge is 0.382 e. The van der Waals surface area contributed by atoms with Crippen LogP contribution in [0.15, 0.2) is 6.07 Å². The molecule has 1 atom stereocenters. The second-order valence-corrected chi connectivity index (χ2v) is 7.39. The van der Waals surface area contributed by atoms with Gasteiger partial charge >= 0.3 is 6.03 Å². The topological polar surface area (TPSA) is 106 Å². The monoisotopic (exact) mass is 351 g/mol. The smallest absolute Gasteiger partial charge is 0.325 e. The SMILES string of the molecule is COCC1(C)NC(=O)N(CC(=O)Nc2cc(C)nn2C(C)(C)C)C1=O. The van der Waals surface area contributed by atoms with Gasteiger partial charge in [0.15, 0.2) is 0 Å². The van der Waals surface area contributed by atoms with Crippen molar-refractivity contribution in [1.29, 1.82) is 0 Å². The van der Waals surface area contributed by atoms with Crippen molar-refractivity contribution in [3.8, 4) is 0 Å². The molecule has 25 heavy (non-hydrogen) atoms. The number of anilines is 1. The zero-order valence-corrected chi connectivity index (χ0v) is 15.5. The molecule has 1 unspecified atom stereocenters. The normalized spacial score (nSPS) is 20.8. The Morgan fingerprint density at radius 3 is 2.60 bits per heavy atom. The van der Waals surface area contributed by atoms with Crippen LogP contribution in [0.3, 0.4) is 0 Å². The van der Waals surface area contributed by atoms with Gasteiger partial charge in [0.05, 0.1) is 17.8 Å². The molecule has 1 fully saturated rings. The van der Waals surface area contributed by atoms with Gasteiger partial charge in [0.1, 0.15) is 17.9 Å². The van der Waals surface area contributed by atoms with Crippen molar-refractivity contribution >= 4 is 23.7 Å². The molecule has 2 heterocycles. The third-order valence-corrected chi connectivity index (χ3v) is 3.81. The number of carbonyl (C=O) groups is 3. The van der Waals surface area contributed by atoms with Crippen molar-refractivity contribution in [2.45, 2.75) is 45.7 Å². The fraction of sp³-hybridized carbons (Fsp3) is 0.625. The van der Waals surface area contributed by atoms with Crippen molar-refractivity contribution in [2.24, 2.45) is 0 Å². The second kappa shape index (κ2) is 6.47. The van der Waals surface area contributed by atoms with Gasteiger partial charge in [0.25, 0.3) is 5.91 Å². The van der Waals surface area contributed by atoms with Gasteiger partial charge in [-0.15, -0.1) is 0 Å². The van der Waals surface area contributed by atoms with Crippen molar-refractivity contribution in [3.63, 3.8) is 0 Å². The van der Waals surface area contributed by atoms with E-state index < -0.39 is 23.4 Å². The fourth-order valence-corrected chi connectivity index (χ4v) is 2.70. The Balaban J connectivity index is 2.11. The molecule has 9 heteroatoms. The van der Waals surface area contributed by atoms with Crippen molar-refractivity contribution in [1.82, 2.24) is 20.0 Å². The second-order valence-electron chi connectivity index (χ2n) is 7.39. The average molecular weight is 351 g/mol. The number of hydrogen-bond acceptors (Lipinski definition) is 5. The number of nitrogens with one attached hydrogen (secondary N) is 2. The first-order valence-corrected chi connectivity index (χ1v) is 7.98. The van der Waals surface area contributed by atoms with Gasteiger partial charge in [-0.2, -0.15) is 5.10 Å². The minimum atomic E-state index is -1.16. The number of urea groups is 1. The van der Waals surface area contributed by atoms with E-state index in [0.29, 0.717) is 5.82 Å². The Morgan fingerprint density at radius 2 is 2.04 bits per heavy atom. The predicted molar refractivity (Wildman–Crippen MR) is 91.1 cm³/mol. The molecule has 0 aromatic carbocycles. The molecule has 2 rings (SSSR count). The number of nitrogens with zero attached hydrogens (tertiary/aromatic N) is 3. The summed E-state index contributed by atoms with van der Waals surface area (Å²) in [5.74, 6) is -0.452. The summed E-state index contributed by atoms with van der Waals surface area (Å²) < 4.78 is 6.67. The summed E-state index contributed by atoms with van der Waals surface area (Å²) in [4.78, 5) is 37.7. The Hall–Kier alpha value is -2.42. The van der Waals surface area contributed by atoms with E-state index in [9.17, 15) is 14.4 Å². The van der Waals surface area contributed by atoms with Gasteiger partial charge < -0.3 is 15.4 Å². The lowest BCUT2D eigenvalue weighted by atomic mass is 10.0. The summed E-state index contributed by atoms with van der Waals surface area (Å²) in [5.41, 5.74) is -0.724. The number of carbonyl (C=O) groups excluding carboxylic acids is 3. The maximum absolute atomic E-state index is 12.4. The van der Waals surface area contributed by atoms with E-state index >= 15 is 0 Å². The molecule has 1 aliphatic heterocycles. The zero-order valence-electron chi connectivity index (χ0n) is 15.5. The lowest BCUT2D eigenvalue weighted by Gasteiger charge is -2.23. The summed E-state index contributed by atoms with van der Waals surface area (Å²) in [7, 11) is 1.44. The number of aromatic nitrogens is 2. The lowest BCUT2D eigenvalue weighted by Crippen LogP contribution is -2.48. The molecule has 138 valence electrons. The number of hydrogen-bond donors (Lipinski definition) is 2. The van der Waals surface area contributed by atoms with Gasteiger partial charge in [0.2, 0.25) is 5.91 Å². The Kier molecular flexibility index (Phi) is 4.90. The lowest BCUT2D eigenvalue weighted by molar-refractivity contribution is -0.134. The summed E-state index contributed by atoms with van der Waals surface area (Å²) in [6.45, 7) is 8.93. The van der Waals surface area contributed by atoms with Crippen LogP contribution >= 0.6 is 0 Å². The molecule has 0 aliphatic carbocycles. The Bertz CT molecular complexity index is 706. The van der Waals surface area contributed by atoms with Gasteiger partial charge in [-0.05, 0) is 34.6 Å². The first kappa shape index (κ1) is 18.9. The van der Waals surface area contributed by atoms with Crippen molar-refractivity contribution < 1.29 is 19.1 Å². The molecule has 0 spiro atoms. The number of ether oxygens (including phenoxy) is 1. The van der Waals surface area contributed by atoms with Crippen LogP contribution in [0.4, 0.5) is 10.6 Å². The van der Waals surface area contributed by atoms with Gasteiger partial charge in [-0.1, -0.05) is 0 Å². The average Bonchev–Trinajstić information content (AvgIpc) is 2.92. The third kappa shape index (κ3) is 3.81. The minimum Gasteiger partial charge on any atom is -0.382 e. The van der Waals surface area contributed by atoms with E-state index in [4.69, 9.17) is 4.74 Å². The third-order valence-electron chi connectivity index (χ3n) is 3.81. The first-order chi connectivity index (χ1) is 11.5. The van der Waals surface area contributed by atoms with E-state index in [0.717, 1.165) is 10.6 Å². The van der Waals surface area contributed by atoms with Crippen LogP contribution in [-0.4, -0.2) is 58.3 Å². The maximum Gasteiger partial charge on any atom is 0.325 e. The van der Waals surface area contributed by atoms with E-state index in [-0.39, 0.29) is 18.7 Å². The van der Waals surface area contributed by atoms with E-state index in [1.807, 2.05) is 27.7 Å². The van der Waals surface area contributed by atoms with Crippen LogP contribution in [0.5, 0.6) is 0 Å². The highest BCUT2D eigenvalue weighted by Crippen LogP contribution is 2.22. The van der Waals surface area contributed by atoms with E-state index in [1.165, 1.54) is 7.11 Å². The van der Waals surface area contributed by atoms with E-state index in [2.05, 4.69) is 15.7 Å². The number of imide groups is 1. The fourth-order valence-electron chi connectivity index (χ4n) is 2.70. The highest BCUT2D eigenvalue weighted by Gasteiger charge is 2.48. The van der Waals surface area contributed by atoms with Crippen LogP contribution in [0.25, 0.3) is 0 Å². The number of amides is 4. The predicted octanol–water partition coefficient (Wildman–Crippen LogP) is 0.842. The first-order valence-electron chi connectivity index (χ1n) is 7.98. The molecule has 1 saturated heterocycles. The molecule has 1 aromatic rings. The van der Waals surface area contributed by atoms with Gasteiger partial charge in [-0.25, -0.2) is 9.48 Å². The molecule has 0 radical (unpaired) electrons. The number of aryl methyl sites for hydroxylation is 1. The van der Waals surface area contributed by atoms with Crippen LogP contribution in [0, 0.1) is 6.92 Å². The van der Waals surface area contributed by atoms with Crippen LogP contribution < -0.4 is 10.6 Å². The van der Waals surface area contributed by atoms with Crippen LogP contribution in [0.1, 0.15) is 33.4 Å². The van der Waals surface area contributed by atoms with Gasteiger partial charge in [0, 0.05) is 13.2 Å². The molecule has 0 saturated carbocycles. The van der Waals surface area contributed by atoms with Crippen molar-refractivity contribution in [2.75, 3.05) is 25.6 Å². The van der Waals surface area contributed by atoms with Crippen LogP contribution in [0.2, 0.25) is 0 Å². The molecular weight excluding hydrogens is 326 g/mol. The van der Waals surface area contributed by atoms with Crippen LogP contribution in [-0.2, 0) is 19.9 Å². The minimum absolute atomic E-state index is 0.0334. The zero-order chi connectivity index (χ0) is 19.0. The standard InChI is InChI=1S/C16H25N5O4/c1-10-7-11(21(19-10)15(2,3)4)17-12(22)8-20-13(23)16(5,9-25-6)18-14(20)24/h7H,8-9H2,1-6H3,(H,17,22)(H,18,24). The molecule has 9 nitrogen and oxygen atoms in total. The number of methoxy groups -OCH3 is 1. The molecule has 1 aliphatic rings. The highest BCUT2D eigenvalue weighted by molar-refractivity contribution is 6.09. The Labute approximate surface area is 146 Å². The molecule has 4 amide bonds. The maximum atomic E-state index is 12.4. The van der Waals surface area contributed by atoms with Gasteiger partial charge in [-0.3, -0.25) is 14.5 Å². The number of rotatable bonds is 5. The summed E-state index contributed by atoms with van der Waals surface area (Å²) >= 11 is 0. The summed E-state index contributed by atoms with van der Waals surface area (Å²) in [5, 5.41) is 9.65. The highest BCUT2D eigenvalue weighted by atomic mass is 16.5. The molecule has 2 N–H and O–H groups in total. The molecule has 1 aromatic heterocycles. The summed E-state index contributed by atoms with van der Waals surface area (Å²) in [6, 6.07) is 1.13. The molecular formula is C16H25N5O4. The molecule has 0 bridgehead atoms. The quantitative estimate of drug-likeness (QED) is 0.765. The van der Waals surface area contributed by atoms with Crippen molar-refractivity contribution in [3.05, 3.63) is 11.8 Å². The summed E-state index contributed by atoms with van der Waals surface area (Å²) in [6.07, 6.45) is 0. The van der Waals surface area contributed by atoms with E-state index in [1.54, 1.807) is 17.7 Å². The Morgan fingerprint density at radius 1 is 1.40 bits per heavy atom.